The van der Waals surface area contributed by atoms with Crippen LogP contribution >= 0.6 is 0 Å². The van der Waals surface area contributed by atoms with Gasteiger partial charge in [-0.3, -0.25) is 0 Å². The molecule has 0 saturated carbocycles. The summed E-state index contributed by atoms with van der Waals surface area (Å²) in [6.07, 6.45) is 1.98. The summed E-state index contributed by atoms with van der Waals surface area (Å²) in [6, 6.07) is 10.4. The second kappa shape index (κ2) is 4.39. The van der Waals surface area contributed by atoms with Gasteiger partial charge in [0.1, 0.15) is 19.3 Å². The second-order valence-electron chi connectivity index (χ2n) is 3.91. The highest BCUT2D eigenvalue weighted by Gasteiger charge is 2.16. The summed E-state index contributed by atoms with van der Waals surface area (Å²) in [4.78, 5) is 5.24. The first-order valence-electron chi connectivity index (χ1n) is 5.38. The van der Waals surface area contributed by atoms with Gasteiger partial charge in [0.05, 0.1) is 0 Å². The maximum Gasteiger partial charge on any atom is 0.285 e. The van der Waals surface area contributed by atoms with Gasteiger partial charge in [0.25, 0.3) is 6.33 Å². The molecule has 0 N–H and O–H groups in total. The van der Waals surface area contributed by atoms with Crippen LogP contribution in [0.5, 0.6) is 0 Å². The molecule has 0 fully saturated rings. The molecule has 0 aliphatic rings. The van der Waals surface area contributed by atoms with E-state index in [0.717, 1.165) is 12.2 Å². The van der Waals surface area contributed by atoms with Gasteiger partial charge < -0.3 is 4.84 Å². The molecule has 0 aliphatic heterocycles. The molecule has 0 spiro atoms. The Hall–Kier alpha value is -1.77. The number of hydrogen-bond acceptors (Lipinski definition) is 1. The predicted molar refractivity (Wildman–Crippen MR) is 62.1 cm³/mol. The van der Waals surface area contributed by atoms with Gasteiger partial charge in [0, 0.05) is 13.8 Å². The Labute approximate surface area is 95.9 Å². The fourth-order valence-electron chi connectivity index (χ4n) is 1.79. The summed E-state index contributed by atoms with van der Waals surface area (Å²) in [7, 11) is 1.68. The van der Waals surface area contributed by atoms with Gasteiger partial charge in [-0.15, -0.1) is 0 Å². The molecular weight excluding hydrogens is 200 g/mol. The highest BCUT2D eigenvalue weighted by molar-refractivity contribution is 5.13. The molecule has 1 heterocycles. The lowest BCUT2D eigenvalue weighted by Gasteiger charge is -1.98. The normalized spacial score (nSPS) is 10.4. The third-order valence-corrected chi connectivity index (χ3v) is 2.92. The summed E-state index contributed by atoms with van der Waals surface area (Å²) < 4.78 is 3.98. The number of hydrogen-bond donors (Lipinski definition) is 0. The van der Waals surface area contributed by atoms with Gasteiger partial charge in [-0.2, -0.15) is 0 Å². The molecule has 1 aromatic carbocycles. The van der Waals surface area contributed by atoms with E-state index in [2.05, 4.69) is 42.7 Å². The molecule has 84 valence electrons. The summed E-state index contributed by atoms with van der Waals surface area (Å²) in [5.74, 6) is 0. The van der Waals surface area contributed by atoms with Crippen LogP contribution in [0.3, 0.4) is 0 Å². The topological polar surface area (TPSA) is 18.0 Å². The van der Waals surface area contributed by atoms with Crippen molar-refractivity contribution in [2.45, 2.75) is 20.4 Å². The highest BCUT2D eigenvalue weighted by Crippen LogP contribution is 2.03. The van der Waals surface area contributed by atoms with Crippen LogP contribution in [0.15, 0.2) is 36.7 Å². The van der Waals surface area contributed by atoms with Crippen LogP contribution < -0.4 is 9.40 Å². The van der Waals surface area contributed by atoms with Gasteiger partial charge in [0.15, 0.2) is 5.69 Å². The SMILES string of the molecule is COn1c[n+](Cc2ccccc2)c(C)c1C. The first-order valence-corrected chi connectivity index (χ1v) is 5.38. The predicted octanol–water partition coefficient (Wildman–Crippen LogP) is 1.50. The minimum Gasteiger partial charge on any atom is -0.339 e. The number of benzene rings is 1. The third kappa shape index (κ3) is 1.94. The number of rotatable bonds is 3. The Morgan fingerprint density at radius 3 is 2.44 bits per heavy atom. The lowest BCUT2D eigenvalue weighted by Crippen LogP contribution is -2.35. The maximum atomic E-state index is 5.24. The molecule has 16 heavy (non-hydrogen) atoms. The zero-order chi connectivity index (χ0) is 11.5. The second-order valence-corrected chi connectivity index (χ2v) is 3.91. The van der Waals surface area contributed by atoms with Crippen LogP contribution in [-0.4, -0.2) is 11.8 Å². The highest BCUT2D eigenvalue weighted by atomic mass is 16.6. The van der Waals surface area contributed by atoms with Gasteiger partial charge in [0.2, 0.25) is 0 Å². The molecule has 0 bridgehead atoms. The zero-order valence-corrected chi connectivity index (χ0v) is 9.97. The molecule has 2 aromatic rings. The number of nitrogens with zero attached hydrogens (tertiary/aromatic N) is 2. The summed E-state index contributed by atoms with van der Waals surface area (Å²) in [5.41, 5.74) is 3.66. The first-order chi connectivity index (χ1) is 7.72. The van der Waals surface area contributed by atoms with E-state index in [9.17, 15) is 0 Å². The van der Waals surface area contributed by atoms with Crippen molar-refractivity contribution >= 4 is 0 Å². The Morgan fingerprint density at radius 2 is 1.88 bits per heavy atom. The lowest BCUT2D eigenvalue weighted by atomic mass is 10.2. The van der Waals surface area contributed by atoms with Crippen molar-refractivity contribution in [1.29, 1.82) is 0 Å². The fourth-order valence-corrected chi connectivity index (χ4v) is 1.79. The minimum atomic E-state index is 0.879. The third-order valence-electron chi connectivity index (χ3n) is 2.92. The van der Waals surface area contributed by atoms with E-state index >= 15 is 0 Å². The van der Waals surface area contributed by atoms with Gasteiger partial charge in [-0.25, -0.2) is 4.57 Å². The molecule has 0 radical (unpaired) electrons. The minimum absolute atomic E-state index is 0.879. The van der Waals surface area contributed by atoms with Crippen molar-refractivity contribution in [3.63, 3.8) is 0 Å². The molecule has 2 rings (SSSR count). The monoisotopic (exact) mass is 217 g/mol. The largest absolute Gasteiger partial charge is 0.339 e. The van der Waals surface area contributed by atoms with Crippen LogP contribution in [0.4, 0.5) is 0 Å². The van der Waals surface area contributed by atoms with Crippen LogP contribution in [0.2, 0.25) is 0 Å². The molecule has 0 amide bonds. The molecular formula is C13H17N2O+. The molecule has 0 unspecified atom stereocenters. The van der Waals surface area contributed by atoms with Gasteiger partial charge in [-0.05, 0) is 10.3 Å². The van der Waals surface area contributed by atoms with Crippen molar-refractivity contribution in [2.75, 3.05) is 7.11 Å². The summed E-state index contributed by atoms with van der Waals surface area (Å²) in [5, 5.41) is 0. The number of aromatic nitrogens is 2. The Bertz CT molecular complexity index is 474. The van der Waals surface area contributed by atoms with Crippen molar-refractivity contribution in [2.24, 2.45) is 0 Å². The summed E-state index contributed by atoms with van der Waals surface area (Å²) in [6.45, 7) is 5.04. The average molecular weight is 217 g/mol. The molecule has 1 aromatic heterocycles. The van der Waals surface area contributed by atoms with Crippen molar-refractivity contribution in [3.8, 4) is 0 Å². The van der Waals surface area contributed by atoms with E-state index in [4.69, 9.17) is 4.84 Å². The number of imidazole rings is 1. The Kier molecular flexibility index (Phi) is 2.95. The fraction of sp³-hybridized carbons (Fsp3) is 0.308. The maximum absolute atomic E-state index is 5.24. The van der Waals surface area contributed by atoms with Crippen LogP contribution in [0, 0.1) is 13.8 Å². The van der Waals surface area contributed by atoms with Crippen molar-refractivity contribution in [1.82, 2.24) is 4.73 Å². The molecule has 0 saturated heterocycles. The Morgan fingerprint density at radius 1 is 1.19 bits per heavy atom. The van der Waals surface area contributed by atoms with Crippen LogP contribution in [-0.2, 0) is 6.54 Å². The van der Waals surface area contributed by atoms with E-state index in [0.29, 0.717) is 0 Å². The summed E-state index contributed by atoms with van der Waals surface area (Å²) >= 11 is 0. The molecule has 0 atom stereocenters. The molecule has 3 heteroatoms. The van der Waals surface area contributed by atoms with Crippen LogP contribution in [0.1, 0.15) is 17.0 Å². The average Bonchev–Trinajstić information content (AvgIpc) is 2.58. The smallest absolute Gasteiger partial charge is 0.285 e. The van der Waals surface area contributed by atoms with E-state index in [1.54, 1.807) is 11.8 Å². The van der Waals surface area contributed by atoms with Gasteiger partial charge >= 0.3 is 0 Å². The van der Waals surface area contributed by atoms with E-state index in [-0.39, 0.29) is 0 Å². The van der Waals surface area contributed by atoms with E-state index < -0.39 is 0 Å². The quantitative estimate of drug-likeness (QED) is 0.712. The van der Waals surface area contributed by atoms with Crippen molar-refractivity contribution < 1.29 is 9.40 Å². The zero-order valence-electron chi connectivity index (χ0n) is 9.97. The van der Waals surface area contributed by atoms with E-state index in [1.165, 1.54) is 11.3 Å². The van der Waals surface area contributed by atoms with Crippen LogP contribution in [0.25, 0.3) is 0 Å². The van der Waals surface area contributed by atoms with Crippen molar-refractivity contribution in [3.05, 3.63) is 53.6 Å². The standard InChI is InChI=1S/C13H17N2O/c1-11-12(2)15(16-3)10-14(11)9-13-7-5-4-6-8-13/h4-8,10H,9H2,1-3H3/q+1. The molecule has 3 nitrogen and oxygen atoms in total. The van der Waals surface area contributed by atoms with E-state index in [1.807, 2.05) is 12.4 Å². The van der Waals surface area contributed by atoms with Gasteiger partial charge in [-0.1, -0.05) is 30.3 Å². The Balaban J connectivity index is 2.29. The lowest BCUT2D eigenvalue weighted by molar-refractivity contribution is -0.694. The first kappa shape index (κ1) is 10.7. The molecule has 0 aliphatic carbocycles.